The Hall–Kier alpha value is -3.02. The Bertz CT molecular complexity index is 814. The van der Waals surface area contributed by atoms with Crippen molar-refractivity contribution in [1.82, 2.24) is 15.1 Å². The fourth-order valence-electron chi connectivity index (χ4n) is 2.55. The van der Waals surface area contributed by atoms with E-state index in [-0.39, 0.29) is 11.9 Å². The molecule has 3 rings (SSSR count). The van der Waals surface area contributed by atoms with Gasteiger partial charge in [0.1, 0.15) is 11.8 Å². The van der Waals surface area contributed by atoms with E-state index in [0.717, 1.165) is 22.7 Å². The summed E-state index contributed by atoms with van der Waals surface area (Å²) in [5.74, 6) is 0.564. The molecule has 3 heterocycles. The predicted molar refractivity (Wildman–Crippen MR) is 89.3 cm³/mol. The van der Waals surface area contributed by atoms with Crippen molar-refractivity contribution in [3.05, 3.63) is 71.8 Å². The van der Waals surface area contributed by atoms with Gasteiger partial charge in [-0.3, -0.25) is 9.48 Å². The molecule has 0 fully saturated rings. The molecule has 1 N–H and O–H groups in total. The first kappa shape index (κ1) is 15.9. The molecular weight excluding hydrogens is 306 g/mol. The molecule has 0 spiro atoms. The lowest BCUT2D eigenvalue weighted by molar-refractivity contribution is -0.116. The van der Waals surface area contributed by atoms with Gasteiger partial charge in [-0.2, -0.15) is 5.10 Å². The Labute approximate surface area is 139 Å². The van der Waals surface area contributed by atoms with Crippen molar-refractivity contribution >= 4 is 12.0 Å². The van der Waals surface area contributed by atoms with Crippen LogP contribution in [0.1, 0.15) is 28.8 Å². The summed E-state index contributed by atoms with van der Waals surface area (Å²) < 4.78 is 12.4. The van der Waals surface area contributed by atoms with E-state index in [4.69, 9.17) is 8.83 Å². The van der Waals surface area contributed by atoms with E-state index in [1.807, 2.05) is 36.7 Å². The Morgan fingerprint density at radius 3 is 2.88 bits per heavy atom. The van der Waals surface area contributed by atoms with Gasteiger partial charge in [0.15, 0.2) is 0 Å². The highest BCUT2D eigenvalue weighted by molar-refractivity contribution is 5.91. The van der Waals surface area contributed by atoms with Crippen LogP contribution in [-0.2, 0) is 4.79 Å². The molecule has 1 unspecified atom stereocenters. The number of hydrogen-bond acceptors (Lipinski definition) is 4. The standard InChI is InChI=1S/C18H19N3O3/c1-13-10-14(2)21(20-13)16(17-4-3-8-24-17)11-19-18(22)6-5-15-7-9-23-12-15/h3-10,12,16H,11H2,1-2H3,(H,19,22)/b6-5+. The van der Waals surface area contributed by atoms with Crippen molar-refractivity contribution in [2.75, 3.05) is 6.54 Å². The van der Waals surface area contributed by atoms with Gasteiger partial charge in [-0.25, -0.2) is 0 Å². The monoisotopic (exact) mass is 325 g/mol. The van der Waals surface area contributed by atoms with Crippen molar-refractivity contribution < 1.29 is 13.6 Å². The van der Waals surface area contributed by atoms with Gasteiger partial charge in [-0.1, -0.05) is 0 Å². The zero-order valence-corrected chi connectivity index (χ0v) is 13.6. The van der Waals surface area contributed by atoms with Crippen LogP contribution >= 0.6 is 0 Å². The first-order valence-corrected chi connectivity index (χ1v) is 7.68. The van der Waals surface area contributed by atoms with Gasteiger partial charge in [0.05, 0.1) is 24.5 Å². The summed E-state index contributed by atoms with van der Waals surface area (Å²) in [6, 6.07) is 7.30. The number of furan rings is 2. The average molecular weight is 325 g/mol. The number of carbonyl (C=O) groups excluding carboxylic acids is 1. The van der Waals surface area contributed by atoms with Crippen LogP contribution in [0.2, 0.25) is 0 Å². The van der Waals surface area contributed by atoms with Gasteiger partial charge in [-0.05, 0) is 44.2 Å². The second-order valence-corrected chi connectivity index (χ2v) is 5.54. The third-order valence-electron chi connectivity index (χ3n) is 3.65. The molecule has 124 valence electrons. The third-order valence-corrected chi connectivity index (χ3v) is 3.65. The average Bonchev–Trinajstić information content (AvgIpc) is 3.29. The largest absolute Gasteiger partial charge is 0.472 e. The van der Waals surface area contributed by atoms with Gasteiger partial charge in [0, 0.05) is 23.9 Å². The van der Waals surface area contributed by atoms with Gasteiger partial charge in [0.2, 0.25) is 5.91 Å². The quantitative estimate of drug-likeness (QED) is 0.707. The van der Waals surface area contributed by atoms with Crippen molar-refractivity contribution in [3.8, 4) is 0 Å². The van der Waals surface area contributed by atoms with Crippen LogP contribution in [0.5, 0.6) is 0 Å². The minimum absolute atomic E-state index is 0.186. The number of nitrogens with one attached hydrogen (secondary N) is 1. The first-order valence-electron chi connectivity index (χ1n) is 7.68. The predicted octanol–water partition coefficient (Wildman–Crippen LogP) is 3.10. The lowest BCUT2D eigenvalue weighted by Crippen LogP contribution is -2.31. The Morgan fingerprint density at radius 2 is 2.25 bits per heavy atom. The molecule has 0 aliphatic heterocycles. The number of carbonyl (C=O) groups is 1. The van der Waals surface area contributed by atoms with Crippen LogP contribution in [0.4, 0.5) is 0 Å². The summed E-state index contributed by atoms with van der Waals surface area (Å²) >= 11 is 0. The van der Waals surface area contributed by atoms with E-state index in [1.54, 1.807) is 30.9 Å². The normalized spacial score (nSPS) is 12.6. The second-order valence-electron chi connectivity index (χ2n) is 5.54. The maximum absolute atomic E-state index is 12.0. The zero-order chi connectivity index (χ0) is 16.9. The van der Waals surface area contributed by atoms with Gasteiger partial charge < -0.3 is 14.2 Å². The number of aryl methyl sites for hydroxylation is 2. The molecule has 1 amide bonds. The summed E-state index contributed by atoms with van der Waals surface area (Å²) in [7, 11) is 0. The van der Waals surface area contributed by atoms with Gasteiger partial charge in [-0.15, -0.1) is 0 Å². The molecule has 0 bridgehead atoms. The summed E-state index contributed by atoms with van der Waals surface area (Å²) in [6.45, 7) is 4.30. The first-order chi connectivity index (χ1) is 11.6. The van der Waals surface area contributed by atoms with E-state index in [0.29, 0.717) is 6.54 Å². The Balaban J connectivity index is 1.71. The second kappa shape index (κ2) is 7.04. The van der Waals surface area contributed by atoms with Gasteiger partial charge >= 0.3 is 0 Å². The fraction of sp³-hybridized carbons (Fsp3) is 0.222. The lowest BCUT2D eigenvalue weighted by Gasteiger charge is -2.17. The van der Waals surface area contributed by atoms with Crippen LogP contribution in [0.15, 0.2) is 58.0 Å². The van der Waals surface area contributed by atoms with E-state index in [2.05, 4.69) is 10.4 Å². The molecule has 6 nitrogen and oxygen atoms in total. The molecule has 1 atom stereocenters. The highest BCUT2D eigenvalue weighted by Gasteiger charge is 2.20. The van der Waals surface area contributed by atoms with Crippen molar-refractivity contribution in [1.29, 1.82) is 0 Å². The highest BCUT2D eigenvalue weighted by Crippen LogP contribution is 2.20. The molecule has 3 aromatic heterocycles. The van der Waals surface area contributed by atoms with Crippen LogP contribution < -0.4 is 5.32 Å². The van der Waals surface area contributed by atoms with Crippen molar-refractivity contribution in [2.45, 2.75) is 19.9 Å². The summed E-state index contributed by atoms with van der Waals surface area (Å²) in [5.41, 5.74) is 2.78. The molecule has 0 aliphatic carbocycles. The molecule has 0 aliphatic rings. The maximum Gasteiger partial charge on any atom is 0.244 e. The maximum atomic E-state index is 12.0. The Kier molecular flexibility index (Phi) is 4.65. The molecule has 0 aromatic carbocycles. The van der Waals surface area contributed by atoms with Crippen LogP contribution in [-0.4, -0.2) is 22.2 Å². The van der Waals surface area contributed by atoms with Crippen LogP contribution in [0.25, 0.3) is 6.08 Å². The van der Waals surface area contributed by atoms with Crippen LogP contribution in [0, 0.1) is 13.8 Å². The van der Waals surface area contributed by atoms with Crippen molar-refractivity contribution in [3.63, 3.8) is 0 Å². The summed E-state index contributed by atoms with van der Waals surface area (Å²) in [4.78, 5) is 12.0. The lowest BCUT2D eigenvalue weighted by atomic mass is 10.2. The number of hydrogen-bond donors (Lipinski definition) is 1. The van der Waals surface area contributed by atoms with Crippen LogP contribution in [0.3, 0.4) is 0 Å². The topological polar surface area (TPSA) is 73.2 Å². The molecule has 0 saturated carbocycles. The van der Waals surface area contributed by atoms with Crippen molar-refractivity contribution in [2.24, 2.45) is 0 Å². The smallest absolute Gasteiger partial charge is 0.244 e. The molecular formula is C18H19N3O3. The number of amides is 1. The van der Waals surface area contributed by atoms with E-state index < -0.39 is 0 Å². The van der Waals surface area contributed by atoms with E-state index in [9.17, 15) is 4.79 Å². The SMILES string of the molecule is Cc1cc(C)n(C(CNC(=O)/C=C/c2ccoc2)c2ccco2)n1. The number of rotatable bonds is 6. The molecule has 24 heavy (non-hydrogen) atoms. The molecule has 0 radical (unpaired) electrons. The fourth-order valence-corrected chi connectivity index (χ4v) is 2.55. The summed E-state index contributed by atoms with van der Waals surface area (Å²) in [6.07, 6.45) is 7.93. The molecule has 3 aromatic rings. The minimum Gasteiger partial charge on any atom is -0.472 e. The minimum atomic E-state index is -0.194. The number of aromatic nitrogens is 2. The third kappa shape index (κ3) is 3.65. The number of nitrogens with zero attached hydrogens (tertiary/aromatic N) is 2. The van der Waals surface area contributed by atoms with Gasteiger partial charge in [0.25, 0.3) is 0 Å². The molecule has 0 saturated heterocycles. The Morgan fingerprint density at radius 1 is 1.38 bits per heavy atom. The summed E-state index contributed by atoms with van der Waals surface area (Å²) in [5, 5.41) is 7.40. The van der Waals surface area contributed by atoms with E-state index in [1.165, 1.54) is 6.08 Å². The molecule has 6 heteroatoms. The highest BCUT2D eigenvalue weighted by atomic mass is 16.3. The zero-order valence-electron chi connectivity index (χ0n) is 13.6. The van der Waals surface area contributed by atoms with E-state index >= 15 is 0 Å².